The van der Waals surface area contributed by atoms with Gasteiger partial charge in [-0.3, -0.25) is 4.79 Å². The summed E-state index contributed by atoms with van der Waals surface area (Å²) in [7, 11) is 0. The highest BCUT2D eigenvalue weighted by atomic mass is 16.5. The third-order valence-corrected chi connectivity index (χ3v) is 2.58. The Kier molecular flexibility index (Phi) is 3.37. The monoisotopic (exact) mass is 264 g/mol. The van der Waals surface area contributed by atoms with E-state index >= 15 is 0 Å². The SMILES string of the molecule is Cc1cnoc1C(=O)NCc1cc(C(=O)O)c(C)o1. The minimum atomic E-state index is -1.06. The number of carbonyl (C=O) groups is 2. The van der Waals surface area contributed by atoms with Gasteiger partial charge in [0.25, 0.3) is 5.91 Å². The number of hydrogen-bond acceptors (Lipinski definition) is 5. The maximum Gasteiger partial charge on any atom is 0.339 e. The van der Waals surface area contributed by atoms with Crippen molar-refractivity contribution >= 4 is 11.9 Å². The average molecular weight is 264 g/mol. The molecule has 0 unspecified atom stereocenters. The molecule has 0 spiro atoms. The highest BCUT2D eigenvalue weighted by Crippen LogP contribution is 2.14. The van der Waals surface area contributed by atoms with E-state index in [9.17, 15) is 9.59 Å². The van der Waals surface area contributed by atoms with Crippen LogP contribution in [0.4, 0.5) is 0 Å². The molecule has 0 radical (unpaired) electrons. The van der Waals surface area contributed by atoms with Gasteiger partial charge in [-0.15, -0.1) is 0 Å². The molecule has 7 heteroatoms. The maximum absolute atomic E-state index is 11.7. The largest absolute Gasteiger partial charge is 0.478 e. The number of hydrogen-bond donors (Lipinski definition) is 2. The number of carboxylic acids is 1. The van der Waals surface area contributed by atoms with Crippen LogP contribution < -0.4 is 5.32 Å². The lowest BCUT2D eigenvalue weighted by Crippen LogP contribution is -2.22. The van der Waals surface area contributed by atoms with Crippen LogP contribution in [0.2, 0.25) is 0 Å². The summed E-state index contributed by atoms with van der Waals surface area (Å²) < 4.78 is 10.0. The van der Waals surface area contributed by atoms with Crippen LogP contribution in [0.15, 0.2) is 21.2 Å². The summed E-state index contributed by atoms with van der Waals surface area (Å²) in [5.41, 5.74) is 0.708. The number of furan rings is 1. The van der Waals surface area contributed by atoms with Gasteiger partial charge >= 0.3 is 5.97 Å². The Morgan fingerprint density at radius 3 is 2.68 bits per heavy atom. The van der Waals surface area contributed by atoms with Crippen molar-refractivity contribution < 1.29 is 23.6 Å². The average Bonchev–Trinajstić information content (AvgIpc) is 2.92. The second kappa shape index (κ2) is 4.97. The molecule has 0 saturated carbocycles. The van der Waals surface area contributed by atoms with E-state index in [0.29, 0.717) is 17.1 Å². The van der Waals surface area contributed by atoms with Crippen molar-refractivity contribution in [1.82, 2.24) is 10.5 Å². The van der Waals surface area contributed by atoms with Crippen LogP contribution in [0.5, 0.6) is 0 Å². The van der Waals surface area contributed by atoms with Gasteiger partial charge in [0.15, 0.2) is 0 Å². The van der Waals surface area contributed by atoms with Crippen molar-refractivity contribution in [2.45, 2.75) is 20.4 Å². The first-order valence-electron chi connectivity index (χ1n) is 5.51. The molecule has 19 heavy (non-hydrogen) atoms. The molecule has 0 bridgehead atoms. The Balaban J connectivity index is 2.03. The summed E-state index contributed by atoms with van der Waals surface area (Å²) in [4.78, 5) is 22.6. The summed E-state index contributed by atoms with van der Waals surface area (Å²) in [6.45, 7) is 3.33. The number of aromatic carboxylic acids is 1. The van der Waals surface area contributed by atoms with Gasteiger partial charge < -0.3 is 19.4 Å². The van der Waals surface area contributed by atoms with E-state index in [1.807, 2.05) is 0 Å². The molecule has 2 rings (SSSR count). The molecular weight excluding hydrogens is 252 g/mol. The predicted molar refractivity (Wildman–Crippen MR) is 62.8 cm³/mol. The number of carboxylic acid groups (broad SMARTS) is 1. The van der Waals surface area contributed by atoms with E-state index in [0.717, 1.165) is 0 Å². The van der Waals surface area contributed by atoms with Crippen molar-refractivity contribution in [3.63, 3.8) is 0 Å². The maximum atomic E-state index is 11.7. The van der Waals surface area contributed by atoms with E-state index in [-0.39, 0.29) is 17.9 Å². The van der Waals surface area contributed by atoms with Gasteiger partial charge in [-0.05, 0) is 19.9 Å². The number of carbonyl (C=O) groups excluding carboxylic acids is 1. The van der Waals surface area contributed by atoms with Crippen LogP contribution in [0.25, 0.3) is 0 Å². The van der Waals surface area contributed by atoms with Crippen molar-refractivity contribution in [3.8, 4) is 0 Å². The van der Waals surface area contributed by atoms with Gasteiger partial charge in [-0.2, -0.15) is 0 Å². The van der Waals surface area contributed by atoms with Gasteiger partial charge in [-0.1, -0.05) is 5.16 Å². The van der Waals surface area contributed by atoms with Gasteiger partial charge in [0.05, 0.1) is 12.7 Å². The highest BCUT2D eigenvalue weighted by molar-refractivity contribution is 5.92. The summed E-state index contributed by atoms with van der Waals surface area (Å²) in [6.07, 6.45) is 1.44. The zero-order chi connectivity index (χ0) is 14.0. The molecule has 0 aliphatic rings. The van der Waals surface area contributed by atoms with E-state index in [1.54, 1.807) is 13.8 Å². The van der Waals surface area contributed by atoms with E-state index in [2.05, 4.69) is 10.5 Å². The van der Waals surface area contributed by atoms with Gasteiger partial charge in [0, 0.05) is 5.56 Å². The minimum absolute atomic E-state index is 0.0765. The van der Waals surface area contributed by atoms with E-state index < -0.39 is 11.9 Å². The van der Waals surface area contributed by atoms with Gasteiger partial charge in [-0.25, -0.2) is 4.79 Å². The molecule has 2 aromatic heterocycles. The molecule has 2 heterocycles. The summed E-state index contributed by atoms with van der Waals surface area (Å²) in [6, 6.07) is 1.38. The first-order valence-corrected chi connectivity index (χ1v) is 5.51. The molecule has 2 aromatic rings. The zero-order valence-corrected chi connectivity index (χ0v) is 10.4. The van der Waals surface area contributed by atoms with Gasteiger partial charge in [0.2, 0.25) is 5.76 Å². The Morgan fingerprint density at radius 2 is 2.16 bits per heavy atom. The molecule has 0 aliphatic heterocycles. The molecule has 2 N–H and O–H groups in total. The molecular formula is C12H12N2O5. The normalized spacial score (nSPS) is 10.4. The molecule has 0 atom stereocenters. The highest BCUT2D eigenvalue weighted by Gasteiger charge is 2.17. The Labute approximate surface area is 108 Å². The van der Waals surface area contributed by atoms with Crippen LogP contribution in [0.3, 0.4) is 0 Å². The van der Waals surface area contributed by atoms with Crippen LogP contribution in [-0.2, 0) is 6.54 Å². The summed E-state index contributed by atoms with van der Waals surface area (Å²) >= 11 is 0. The third kappa shape index (κ3) is 2.65. The zero-order valence-electron chi connectivity index (χ0n) is 10.4. The first-order chi connectivity index (χ1) is 8.99. The molecule has 1 amide bonds. The van der Waals surface area contributed by atoms with Crippen LogP contribution in [0, 0.1) is 13.8 Å². The molecule has 7 nitrogen and oxygen atoms in total. The molecule has 0 aromatic carbocycles. The summed E-state index contributed by atoms with van der Waals surface area (Å²) in [5, 5.41) is 14.9. The van der Waals surface area contributed by atoms with Gasteiger partial charge in [0.1, 0.15) is 17.1 Å². The number of amides is 1. The van der Waals surface area contributed by atoms with Crippen LogP contribution in [0.1, 0.15) is 38.0 Å². The molecule has 100 valence electrons. The second-order valence-electron chi connectivity index (χ2n) is 4.01. The minimum Gasteiger partial charge on any atom is -0.478 e. The Bertz CT molecular complexity index is 626. The second-order valence-corrected chi connectivity index (χ2v) is 4.01. The van der Waals surface area contributed by atoms with E-state index in [1.165, 1.54) is 12.3 Å². The quantitative estimate of drug-likeness (QED) is 0.867. The van der Waals surface area contributed by atoms with Crippen molar-refractivity contribution in [2.24, 2.45) is 0 Å². The smallest absolute Gasteiger partial charge is 0.339 e. The third-order valence-electron chi connectivity index (χ3n) is 2.58. The van der Waals surface area contributed by atoms with Crippen molar-refractivity contribution in [1.29, 1.82) is 0 Å². The molecule has 0 aliphatic carbocycles. The number of nitrogens with zero attached hydrogens (tertiary/aromatic N) is 1. The lowest BCUT2D eigenvalue weighted by atomic mass is 10.2. The van der Waals surface area contributed by atoms with Crippen molar-refractivity contribution in [3.05, 3.63) is 40.7 Å². The number of aryl methyl sites for hydroxylation is 2. The number of rotatable bonds is 4. The number of nitrogens with one attached hydrogen (secondary N) is 1. The lowest BCUT2D eigenvalue weighted by Gasteiger charge is -2.00. The number of aromatic nitrogens is 1. The molecule has 0 fully saturated rings. The standard InChI is InChI=1S/C12H12N2O5/c1-6-4-14-19-10(6)11(15)13-5-8-3-9(12(16)17)7(2)18-8/h3-4H,5H2,1-2H3,(H,13,15)(H,16,17). The van der Waals surface area contributed by atoms with E-state index in [4.69, 9.17) is 14.0 Å². The predicted octanol–water partition coefficient (Wildman–Crippen LogP) is 1.51. The molecule has 0 saturated heterocycles. The fourth-order valence-corrected chi connectivity index (χ4v) is 1.60. The topological polar surface area (TPSA) is 106 Å². The fraction of sp³-hybridized carbons (Fsp3) is 0.250. The first kappa shape index (κ1) is 12.9. The Morgan fingerprint density at radius 1 is 1.42 bits per heavy atom. The Hall–Kier alpha value is -2.57. The van der Waals surface area contributed by atoms with Crippen LogP contribution >= 0.6 is 0 Å². The van der Waals surface area contributed by atoms with Crippen LogP contribution in [-0.4, -0.2) is 22.1 Å². The van der Waals surface area contributed by atoms with Crippen molar-refractivity contribution in [2.75, 3.05) is 0 Å². The summed E-state index contributed by atoms with van der Waals surface area (Å²) in [5.74, 6) is -0.708. The lowest BCUT2D eigenvalue weighted by molar-refractivity contribution is 0.0694. The fourth-order valence-electron chi connectivity index (χ4n) is 1.60.